The zero-order chi connectivity index (χ0) is 13.8. The van der Waals surface area contributed by atoms with Crippen molar-refractivity contribution >= 4 is 39.1 Å². The van der Waals surface area contributed by atoms with Gasteiger partial charge in [-0.05, 0) is 36.2 Å². The van der Waals surface area contributed by atoms with Crippen molar-refractivity contribution in [2.75, 3.05) is 12.4 Å². The van der Waals surface area contributed by atoms with Gasteiger partial charge in [0.05, 0.1) is 18.5 Å². The van der Waals surface area contributed by atoms with Crippen LogP contribution in [0.15, 0.2) is 22.7 Å². The number of ether oxygens (including phenoxy) is 1. The fourth-order valence-corrected chi connectivity index (χ4v) is 2.58. The van der Waals surface area contributed by atoms with E-state index in [0.717, 1.165) is 16.0 Å². The molecule has 0 aliphatic heterocycles. The van der Waals surface area contributed by atoms with Crippen LogP contribution in [-0.2, 0) is 6.42 Å². The molecule has 100 valence electrons. The largest absolute Gasteiger partial charge is 0.495 e. The molecule has 0 radical (unpaired) electrons. The van der Waals surface area contributed by atoms with E-state index in [9.17, 15) is 4.79 Å². The number of benzene rings is 1. The summed E-state index contributed by atoms with van der Waals surface area (Å²) < 4.78 is 9.88. The summed E-state index contributed by atoms with van der Waals surface area (Å²) >= 11 is 4.46. The van der Waals surface area contributed by atoms with E-state index in [-0.39, 0.29) is 5.91 Å². The van der Waals surface area contributed by atoms with Crippen LogP contribution >= 0.6 is 27.5 Å². The Bertz CT molecular complexity index is 600. The first-order valence-corrected chi connectivity index (χ1v) is 7.18. The Balaban J connectivity index is 2.26. The van der Waals surface area contributed by atoms with Gasteiger partial charge in [-0.25, -0.2) is 0 Å². The average Bonchev–Trinajstić information content (AvgIpc) is 2.87. The van der Waals surface area contributed by atoms with Gasteiger partial charge >= 0.3 is 0 Å². The van der Waals surface area contributed by atoms with Crippen molar-refractivity contribution in [2.45, 2.75) is 13.3 Å². The van der Waals surface area contributed by atoms with E-state index >= 15 is 0 Å². The highest BCUT2D eigenvalue weighted by atomic mass is 79.9. The topological polar surface area (TPSA) is 64.1 Å². The number of rotatable bonds is 4. The van der Waals surface area contributed by atoms with Crippen LogP contribution in [0.4, 0.5) is 5.69 Å². The summed E-state index contributed by atoms with van der Waals surface area (Å²) in [6.45, 7) is 1.94. The number of hydrogen-bond donors (Lipinski definition) is 1. The Kier molecular flexibility index (Phi) is 4.49. The summed E-state index contributed by atoms with van der Waals surface area (Å²) in [4.78, 5) is 12.7. The van der Waals surface area contributed by atoms with Gasteiger partial charge in [0.2, 0.25) is 0 Å². The van der Waals surface area contributed by atoms with Gasteiger partial charge in [-0.3, -0.25) is 4.79 Å². The molecule has 0 unspecified atom stereocenters. The Labute approximate surface area is 123 Å². The van der Waals surface area contributed by atoms with Crippen molar-refractivity contribution in [3.05, 3.63) is 33.2 Å². The van der Waals surface area contributed by atoms with Gasteiger partial charge in [0.15, 0.2) is 0 Å². The SMILES string of the molecule is CCc1nnsc1C(=O)Nc1cc(Br)ccc1OC. The Morgan fingerprint density at radius 3 is 3.00 bits per heavy atom. The molecule has 0 fully saturated rings. The number of aryl methyl sites for hydroxylation is 1. The summed E-state index contributed by atoms with van der Waals surface area (Å²) in [5, 5.41) is 6.74. The van der Waals surface area contributed by atoms with Crippen LogP contribution in [0.5, 0.6) is 5.75 Å². The normalized spacial score (nSPS) is 10.3. The monoisotopic (exact) mass is 341 g/mol. The lowest BCUT2D eigenvalue weighted by Gasteiger charge is -2.10. The molecule has 1 N–H and O–H groups in total. The van der Waals surface area contributed by atoms with Gasteiger partial charge in [0.1, 0.15) is 10.6 Å². The lowest BCUT2D eigenvalue weighted by Crippen LogP contribution is -2.13. The predicted octanol–water partition coefficient (Wildman–Crippen LogP) is 3.12. The number of nitrogens with one attached hydrogen (secondary N) is 1. The highest BCUT2D eigenvalue weighted by molar-refractivity contribution is 9.10. The van der Waals surface area contributed by atoms with Gasteiger partial charge in [0, 0.05) is 4.47 Å². The number of nitrogens with zero attached hydrogens (tertiary/aromatic N) is 2. The van der Waals surface area contributed by atoms with E-state index in [1.54, 1.807) is 19.2 Å². The van der Waals surface area contributed by atoms with E-state index in [2.05, 4.69) is 30.8 Å². The zero-order valence-electron chi connectivity index (χ0n) is 10.4. The third-order valence-electron chi connectivity index (χ3n) is 2.51. The summed E-state index contributed by atoms with van der Waals surface area (Å²) in [6.07, 6.45) is 0.675. The maximum atomic E-state index is 12.2. The van der Waals surface area contributed by atoms with E-state index in [4.69, 9.17) is 4.74 Å². The molecular weight excluding hydrogens is 330 g/mol. The second-order valence-electron chi connectivity index (χ2n) is 3.70. The Morgan fingerprint density at radius 2 is 2.32 bits per heavy atom. The van der Waals surface area contributed by atoms with Gasteiger partial charge in [0.25, 0.3) is 5.91 Å². The lowest BCUT2D eigenvalue weighted by molar-refractivity contribution is 0.102. The molecule has 1 aromatic heterocycles. The molecule has 7 heteroatoms. The smallest absolute Gasteiger partial charge is 0.269 e. The summed E-state index contributed by atoms with van der Waals surface area (Å²) in [5.74, 6) is 0.385. The van der Waals surface area contributed by atoms with Gasteiger partial charge < -0.3 is 10.1 Å². The van der Waals surface area contributed by atoms with Crippen LogP contribution < -0.4 is 10.1 Å². The third-order valence-corrected chi connectivity index (χ3v) is 3.77. The van der Waals surface area contributed by atoms with Crippen LogP contribution in [0.2, 0.25) is 0 Å². The number of carbonyl (C=O) groups is 1. The highest BCUT2D eigenvalue weighted by Gasteiger charge is 2.16. The van der Waals surface area contributed by atoms with E-state index in [1.807, 2.05) is 13.0 Å². The standard InChI is InChI=1S/C12H12BrN3O2S/c1-3-8-11(19-16-15-8)12(17)14-9-6-7(13)4-5-10(9)18-2/h4-6H,3H2,1-2H3,(H,14,17). The minimum atomic E-state index is -0.219. The molecular formula is C12H12BrN3O2S. The summed E-state index contributed by atoms with van der Waals surface area (Å²) in [6, 6.07) is 5.42. The van der Waals surface area contributed by atoms with Crippen molar-refractivity contribution in [1.82, 2.24) is 9.59 Å². The van der Waals surface area contributed by atoms with E-state index in [0.29, 0.717) is 28.4 Å². The Morgan fingerprint density at radius 1 is 1.53 bits per heavy atom. The third kappa shape index (κ3) is 3.10. The first-order valence-electron chi connectivity index (χ1n) is 5.61. The average molecular weight is 342 g/mol. The quantitative estimate of drug-likeness (QED) is 0.927. The van der Waals surface area contributed by atoms with Crippen molar-refractivity contribution in [2.24, 2.45) is 0 Å². The lowest BCUT2D eigenvalue weighted by atomic mass is 10.2. The number of halogens is 1. The van der Waals surface area contributed by atoms with E-state index in [1.165, 1.54) is 0 Å². The minimum Gasteiger partial charge on any atom is -0.495 e. The van der Waals surface area contributed by atoms with Crippen LogP contribution in [0.25, 0.3) is 0 Å². The summed E-state index contributed by atoms with van der Waals surface area (Å²) in [5.41, 5.74) is 1.31. The van der Waals surface area contributed by atoms with Crippen molar-refractivity contribution in [3.8, 4) is 5.75 Å². The molecule has 0 aliphatic rings. The van der Waals surface area contributed by atoms with Crippen LogP contribution in [0, 0.1) is 0 Å². The fraction of sp³-hybridized carbons (Fsp3) is 0.250. The molecule has 0 saturated carbocycles. The van der Waals surface area contributed by atoms with Crippen LogP contribution in [0.1, 0.15) is 22.3 Å². The van der Waals surface area contributed by atoms with Gasteiger partial charge in [-0.15, -0.1) is 5.10 Å². The van der Waals surface area contributed by atoms with E-state index < -0.39 is 0 Å². The molecule has 2 aromatic rings. The van der Waals surface area contributed by atoms with Crippen LogP contribution in [0.3, 0.4) is 0 Å². The first kappa shape index (κ1) is 14.0. The number of hydrogen-bond acceptors (Lipinski definition) is 5. The molecule has 5 nitrogen and oxygen atoms in total. The number of aromatic nitrogens is 2. The minimum absolute atomic E-state index is 0.219. The molecule has 2 rings (SSSR count). The molecule has 19 heavy (non-hydrogen) atoms. The maximum Gasteiger partial charge on any atom is 0.269 e. The zero-order valence-corrected chi connectivity index (χ0v) is 12.8. The van der Waals surface area contributed by atoms with Crippen molar-refractivity contribution in [1.29, 1.82) is 0 Å². The number of carbonyl (C=O) groups excluding carboxylic acids is 1. The molecule has 0 bridgehead atoms. The van der Waals surface area contributed by atoms with Gasteiger partial charge in [-0.1, -0.05) is 27.3 Å². The molecule has 0 aliphatic carbocycles. The predicted molar refractivity (Wildman–Crippen MR) is 77.9 cm³/mol. The molecule has 1 amide bonds. The molecule has 0 saturated heterocycles. The van der Waals surface area contributed by atoms with Crippen molar-refractivity contribution < 1.29 is 9.53 Å². The molecule has 1 aromatic carbocycles. The summed E-state index contributed by atoms with van der Waals surface area (Å²) in [7, 11) is 1.56. The van der Waals surface area contributed by atoms with Crippen LogP contribution in [-0.4, -0.2) is 22.6 Å². The van der Waals surface area contributed by atoms with Crippen molar-refractivity contribution in [3.63, 3.8) is 0 Å². The maximum absolute atomic E-state index is 12.2. The number of amides is 1. The molecule has 0 spiro atoms. The first-order chi connectivity index (χ1) is 9.15. The Hall–Kier alpha value is -1.47. The molecule has 1 heterocycles. The fourth-order valence-electron chi connectivity index (χ4n) is 1.57. The highest BCUT2D eigenvalue weighted by Crippen LogP contribution is 2.28. The molecule has 0 atom stereocenters. The second kappa shape index (κ2) is 6.12. The number of anilines is 1. The second-order valence-corrected chi connectivity index (χ2v) is 5.37. The number of methoxy groups -OCH3 is 1. The van der Waals surface area contributed by atoms with Gasteiger partial charge in [-0.2, -0.15) is 0 Å².